The third-order valence-corrected chi connectivity index (χ3v) is 7.73. The van der Waals surface area contributed by atoms with Crippen molar-refractivity contribution in [3.8, 4) is 11.3 Å². The van der Waals surface area contributed by atoms with E-state index in [1.54, 1.807) is 0 Å². The summed E-state index contributed by atoms with van der Waals surface area (Å²) in [6.07, 6.45) is 8.18. The molecule has 4 nitrogen and oxygen atoms in total. The zero-order chi connectivity index (χ0) is 20.1. The standard InChI is InChI=1S/C26H31N3O/c1-28-16-19-13-23(25(28)15-19)20-2-4-21(5-3-20)26-24-14-18(12-22(24)6-7-27-26)17-29-8-10-30-11-9-29/h2-7,14,19,23,25H,8-13,15-17H2,1H3. The van der Waals surface area contributed by atoms with Crippen molar-refractivity contribution in [3.63, 3.8) is 0 Å². The second kappa shape index (κ2) is 7.60. The van der Waals surface area contributed by atoms with Crippen molar-refractivity contribution < 1.29 is 4.74 Å². The lowest BCUT2D eigenvalue weighted by atomic mass is 9.89. The van der Waals surface area contributed by atoms with Crippen LogP contribution in [-0.4, -0.2) is 67.3 Å². The van der Waals surface area contributed by atoms with Crippen molar-refractivity contribution in [3.05, 3.63) is 58.8 Å². The minimum Gasteiger partial charge on any atom is -0.379 e. The van der Waals surface area contributed by atoms with Crippen LogP contribution >= 0.6 is 0 Å². The molecule has 3 fully saturated rings. The van der Waals surface area contributed by atoms with Gasteiger partial charge in [-0.15, -0.1) is 0 Å². The van der Waals surface area contributed by atoms with Crippen LogP contribution in [0, 0.1) is 5.92 Å². The Morgan fingerprint density at radius 2 is 1.90 bits per heavy atom. The fourth-order valence-corrected chi connectivity index (χ4v) is 6.25. The first-order valence-corrected chi connectivity index (χ1v) is 11.5. The molecule has 4 heteroatoms. The van der Waals surface area contributed by atoms with E-state index in [0.29, 0.717) is 5.92 Å². The van der Waals surface area contributed by atoms with Gasteiger partial charge in [-0.3, -0.25) is 9.88 Å². The molecule has 0 amide bonds. The highest BCUT2D eigenvalue weighted by Gasteiger charge is 2.43. The monoisotopic (exact) mass is 401 g/mol. The van der Waals surface area contributed by atoms with E-state index in [1.807, 2.05) is 6.20 Å². The number of hydrogen-bond acceptors (Lipinski definition) is 4. The molecule has 30 heavy (non-hydrogen) atoms. The van der Waals surface area contributed by atoms with Crippen LogP contribution in [0.3, 0.4) is 0 Å². The average Bonchev–Trinajstić information content (AvgIpc) is 3.47. The number of piperidine rings is 1. The van der Waals surface area contributed by atoms with E-state index in [0.717, 1.165) is 56.9 Å². The first kappa shape index (κ1) is 18.7. The number of pyridine rings is 1. The number of benzene rings is 1. The fraction of sp³-hybridized carbons (Fsp3) is 0.500. The molecular formula is C26H31N3O. The average molecular weight is 402 g/mol. The SMILES string of the molecule is CN1CC2CC(c3ccc(-c4nccc5c4C=C(CN4CCOCC4)C5)cc3)C1C2. The van der Waals surface area contributed by atoms with Crippen molar-refractivity contribution in [2.45, 2.75) is 31.2 Å². The van der Waals surface area contributed by atoms with E-state index in [4.69, 9.17) is 9.72 Å². The van der Waals surface area contributed by atoms with E-state index in [2.05, 4.69) is 53.3 Å². The summed E-state index contributed by atoms with van der Waals surface area (Å²) in [5.41, 5.74) is 8.14. The van der Waals surface area contributed by atoms with Gasteiger partial charge in [-0.25, -0.2) is 0 Å². The van der Waals surface area contributed by atoms with Crippen LogP contribution in [0.15, 0.2) is 42.1 Å². The van der Waals surface area contributed by atoms with Crippen LogP contribution in [0.1, 0.15) is 35.4 Å². The van der Waals surface area contributed by atoms with Crippen LogP contribution in [0.5, 0.6) is 0 Å². The normalized spacial score (nSPS) is 28.7. The molecule has 6 rings (SSSR count). The van der Waals surface area contributed by atoms with Crippen LogP contribution < -0.4 is 0 Å². The lowest BCUT2D eigenvalue weighted by Crippen LogP contribution is -2.37. The molecule has 3 atom stereocenters. The predicted octanol–water partition coefficient (Wildman–Crippen LogP) is 3.83. The van der Waals surface area contributed by atoms with Gasteiger partial charge in [-0.1, -0.05) is 35.9 Å². The number of likely N-dealkylation sites (tertiary alicyclic amines) is 1. The van der Waals surface area contributed by atoms with Crippen LogP contribution in [0.25, 0.3) is 17.3 Å². The van der Waals surface area contributed by atoms with Gasteiger partial charge in [0.25, 0.3) is 0 Å². The quantitative estimate of drug-likeness (QED) is 0.779. The Bertz CT molecular complexity index is 961. The van der Waals surface area contributed by atoms with Gasteiger partial charge in [0.1, 0.15) is 0 Å². The molecular weight excluding hydrogens is 370 g/mol. The molecule has 0 N–H and O–H groups in total. The number of ether oxygens (including phenoxy) is 1. The fourth-order valence-electron chi connectivity index (χ4n) is 6.25. The van der Waals surface area contributed by atoms with Crippen LogP contribution in [0.4, 0.5) is 0 Å². The van der Waals surface area contributed by atoms with Crippen LogP contribution in [-0.2, 0) is 11.2 Å². The maximum absolute atomic E-state index is 5.50. The highest BCUT2D eigenvalue weighted by molar-refractivity contribution is 5.78. The number of aromatic nitrogens is 1. The Labute approximate surface area is 179 Å². The molecule has 1 saturated carbocycles. The molecule has 2 saturated heterocycles. The second-order valence-corrected chi connectivity index (χ2v) is 9.67. The largest absolute Gasteiger partial charge is 0.379 e. The number of rotatable bonds is 4. The van der Waals surface area contributed by atoms with E-state index < -0.39 is 0 Å². The maximum Gasteiger partial charge on any atom is 0.0777 e. The summed E-state index contributed by atoms with van der Waals surface area (Å²) in [6, 6.07) is 12.3. The summed E-state index contributed by atoms with van der Waals surface area (Å²) in [7, 11) is 2.29. The predicted molar refractivity (Wildman–Crippen MR) is 120 cm³/mol. The van der Waals surface area contributed by atoms with Gasteiger partial charge < -0.3 is 9.64 Å². The first-order chi connectivity index (χ1) is 14.7. The molecule has 0 spiro atoms. The van der Waals surface area contributed by atoms with Gasteiger partial charge in [-0.05, 0) is 55.3 Å². The smallest absolute Gasteiger partial charge is 0.0777 e. The molecule has 1 aromatic carbocycles. The summed E-state index contributed by atoms with van der Waals surface area (Å²) in [4.78, 5) is 9.87. The number of likely N-dealkylation sites (N-methyl/N-ethyl adjacent to an activating group) is 1. The van der Waals surface area contributed by atoms with E-state index in [-0.39, 0.29) is 0 Å². The lowest BCUT2D eigenvalue weighted by molar-refractivity contribution is 0.0422. The van der Waals surface area contributed by atoms with Gasteiger partial charge in [0.15, 0.2) is 0 Å². The highest BCUT2D eigenvalue weighted by atomic mass is 16.5. The van der Waals surface area contributed by atoms with Gasteiger partial charge in [0, 0.05) is 49.5 Å². The molecule has 1 aromatic heterocycles. The summed E-state index contributed by atoms with van der Waals surface area (Å²) in [6.45, 7) is 6.14. The van der Waals surface area contributed by atoms with E-state index >= 15 is 0 Å². The number of hydrogen-bond donors (Lipinski definition) is 0. The molecule has 2 aliphatic heterocycles. The molecule has 3 heterocycles. The zero-order valence-electron chi connectivity index (χ0n) is 17.9. The Morgan fingerprint density at radius 1 is 1.07 bits per heavy atom. The zero-order valence-corrected chi connectivity index (χ0v) is 17.9. The molecule has 0 radical (unpaired) electrons. The van der Waals surface area contributed by atoms with E-state index in [9.17, 15) is 0 Å². The third kappa shape index (κ3) is 3.31. The number of morpholine rings is 1. The molecule has 2 aliphatic carbocycles. The van der Waals surface area contributed by atoms with E-state index in [1.165, 1.54) is 47.2 Å². The second-order valence-electron chi connectivity index (χ2n) is 9.67. The summed E-state index contributed by atoms with van der Waals surface area (Å²) in [5, 5.41) is 0. The summed E-state index contributed by atoms with van der Waals surface area (Å²) < 4.78 is 5.50. The molecule has 2 aromatic rings. The van der Waals surface area contributed by atoms with Crippen molar-refractivity contribution in [2.75, 3.05) is 46.4 Å². The Morgan fingerprint density at radius 3 is 2.67 bits per heavy atom. The third-order valence-electron chi connectivity index (χ3n) is 7.73. The maximum atomic E-state index is 5.50. The van der Waals surface area contributed by atoms with Gasteiger partial charge >= 0.3 is 0 Å². The molecule has 4 aliphatic rings. The van der Waals surface area contributed by atoms with Gasteiger partial charge in [0.05, 0.1) is 18.9 Å². The van der Waals surface area contributed by atoms with Crippen molar-refractivity contribution >= 4 is 6.08 Å². The summed E-state index contributed by atoms with van der Waals surface area (Å²) in [5.74, 6) is 1.61. The lowest BCUT2D eigenvalue weighted by Gasteiger charge is -2.30. The Balaban J connectivity index is 1.23. The number of nitrogens with zero attached hydrogens (tertiary/aromatic N) is 3. The van der Waals surface area contributed by atoms with Crippen molar-refractivity contribution in [1.29, 1.82) is 0 Å². The minimum atomic E-state index is 0.706. The molecule has 2 bridgehead atoms. The summed E-state index contributed by atoms with van der Waals surface area (Å²) >= 11 is 0. The van der Waals surface area contributed by atoms with Gasteiger partial charge in [0.2, 0.25) is 0 Å². The number of fused-ring (bicyclic) bond motifs is 3. The van der Waals surface area contributed by atoms with Crippen molar-refractivity contribution in [2.24, 2.45) is 5.92 Å². The molecule has 156 valence electrons. The van der Waals surface area contributed by atoms with Crippen molar-refractivity contribution in [1.82, 2.24) is 14.8 Å². The highest BCUT2D eigenvalue weighted by Crippen LogP contribution is 2.46. The molecule has 3 unspecified atom stereocenters. The first-order valence-electron chi connectivity index (χ1n) is 11.5. The Kier molecular flexibility index (Phi) is 4.74. The van der Waals surface area contributed by atoms with Crippen LogP contribution in [0.2, 0.25) is 0 Å². The van der Waals surface area contributed by atoms with Gasteiger partial charge in [-0.2, -0.15) is 0 Å². The Hall–Kier alpha value is -2.01. The topological polar surface area (TPSA) is 28.6 Å². The minimum absolute atomic E-state index is 0.706.